The van der Waals surface area contributed by atoms with Crippen LogP contribution in [0.2, 0.25) is 0 Å². The predicted molar refractivity (Wildman–Crippen MR) is 103 cm³/mol. The Morgan fingerprint density at radius 3 is 2.46 bits per heavy atom. The van der Waals surface area contributed by atoms with Gasteiger partial charge in [0.15, 0.2) is 6.61 Å². The molecule has 1 aliphatic rings. The van der Waals surface area contributed by atoms with Crippen LogP contribution in [0.4, 0.5) is 13.2 Å². The maximum atomic E-state index is 12.8. The first-order valence-electron chi connectivity index (χ1n) is 8.09. The highest BCUT2D eigenvalue weighted by molar-refractivity contribution is 5.96. The molecule has 2 heterocycles. The summed E-state index contributed by atoms with van der Waals surface area (Å²) in [6.45, 7) is -0.805. The molecule has 2 atom stereocenters. The highest BCUT2D eigenvalue weighted by Crippen LogP contribution is 2.29. The van der Waals surface area contributed by atoms with Gasteiger partial charge >= 0.3 is 6.18 Å². The van der Waals surface area contributed by atoms with Crippen molar-refractivity contribution in [3.8, 4) is 5.88 Å². The predicted octanol–water partition coefficient (Wildman–Crippen LogP) is 3.43. The zero-order valence-corrected chi connectivity index (χ0v) is 16.3. The van der Waals surface area contributed by atoms with Crippen LogP contribution in [0.25, 0.3) is 0 Å². The van der Waals surface area contributed by atoms with E-state index >= 15 is 0 Å². The highest BCUT2D eigenvalue weighted by Gasteiger charge is 2.36. The van der Waals surface area contributed by atoms with Gasteiger partial charge in [-0.15, -0.1) is 24.8 Å². The fraction of sp³-hybridized carbons (Fsp3) is 0.333. The maximum absolute atomic E-state index is 12.8. The molecular weight excluding hydrogens is 418 g/mol. The van der Waals surface area contributed by atoms with E-state index in [-0.39, 0.29) is 48.2 Å². The number of halogens is 5. The molecule has 10 heteroatoms. The van der Waals surface area contributed by atoms with Crippen LogP contribution >= 0.6 is 24.8 Å². The lowest BCUT2D eigenvalue weighted by Gasteiger charge is -2.18. The van der Waals surface area contributed by atoms with E-state index in [2.05, 4.69) is 4.98 Å². The number of carbonyl (C=O) groups is 1. The quantitative estimate of drug-likeness (QED) is 0.795. The third kappa shape index (κ3) is 5.73. The molecule has 3 rings (SSSR count). The number of pyridine rings is 1. The minimum Gasteiger partial charge on any atom is -0.467 e. The molecule has 154 valence electrons. The second-order valence-electron chi connectivity index (χ2n) is 6.15. The molecule has 0 saturated carbocycles. The Balaban J connectivity index is 0.00000196. The molecule has 5 nitrogen and oxygen atoms in total. The molecule has 0 aliphatic carbocycles. The summed E-state index contributed by atoms with van der Waals surface area (Å²) in [6.07, 6.45) is -3.22. The number of likely N-dealkylation sites (tertiary alicyclic amines) is 1. The molecule has 28 heavy (non-hydrogen) atoms. The van der Waals surface area contributed by atoms with Crippen LogP contribution in [0, 0.1) is 0 Å². The SMILES string of the molecule is Cl.Cl.N[C@@H]1CN(C(=O)c2cccnc2OCC(F)(F)F)C[C@H]1c1ccccc1. The van der Waals surface area contributed by atoms with E-state index in [1.54, 1.807) is 0 Å². The maximum Gasteiger partial charge on any atom is 0.422 e. The van der Waals surface area contributed by atoms with Crippen LogP contribution in [0.3, 0.4) is 0 Å². The normalized spacial score (nSPS) is 18.8. The number of aromatic nitrogens is 1. The monoisotopic (exact) mass is 437 g/mol. The Labute approximate surface area is 172 Å². The van der Waals surface area contributed by atoms with E-state index in [0.29, 0.717) is 13.1 Å². The molecule has 0 radical (unpaired) electrons. The Morgan fingerprint density at radius 1 is 1.14 bits per heavy atom. The van der Waals surface area contributed by atoms with Crippen molar-refractivity contribution in [3.63, 3.8) is 0 Å². The first-order chi connectivity index (χ1) is 12.3. The Hall–Kier alpha value is -2.03. The molecule has 1 amide bonds. The van der Waals surface area contributed by atoms with Gasteiger partial charge in [0.1, 0.15) is 5.56 Å². The summed E-state index contributed by atoms with van der Waals surface area (Å²) in [5.74, 6) is -0.799. The lowest BCUT2D eigenvalue weighted by molar-refractivity contribution is -0.154. The number of alkyl halides is 3. The van der Waals surface area contributed by atoms with Crippen molar-refractivity contribution in [3.05, 3.63) is 59.8 Å². The van der Waals surface area contributed by atoms with Gasteiger partial charge in [0.05, 0.1) is 0 Å². The number of ether oxygens (including phenoxy) is 1. The second-order valence-corrected chi connectivity index (χ2v) is 6.15. The van der Waals surface area contributed by atoms with Gasteiger partial charge in [-0.1, -0.05) is 30.3 Å². The Kier molecular flexibility index (Phi) is 8.53. The Bertz CT molecular complexity index is 778. The Morgan fingerprint density at radius 2 is 1.82 bits per heavy atom. The zero-order chi connectivity index (χ0) is 18.7. The number of amides is 1. The fourth-order valence-electron chi connectivity index (χ4n) is 3.04. The van der Waals surface area contributed by atoms with Crippen molar-refractivity contribution in [2.75, 3.05) is 19.7 Å². The van der Waals surface area contributed by atoms with Crippen molar-refractivity contribution >= 4 is 30.7 Å². The number of benzene rings is 1. The van der Waals surface area contributed by atoms with Crippen LogP contribution in [-0.2, 0) is 0 Å². The summed E-state index contributed by atoms with van der Waals surface area (Å²) in [5, 5.41) is 0. The van der Waals surface area contributed by atoms with Crippen LogP contribution in [0.5, 0.6) is 5.88 Å². The van der Waals surface area contributed by atoms with E-state index in [0.717, 1.165) is 5.56 Å². The summed E-state index contributed by atoms with van der Waals surface area (Å²) in [5.41, 5.74) is 7.20. The molecule has 1 aromatic carbocycles. The number of hydrogen-bond acceptors (Lipinski definition) is 4. The van der Waals surface area contributed by atoms with Crippen LogP contribution in [-0.4, -0.2) is 47.7 Å². The van der Waals surface area contributed by atoms with Crippen molar-refractivity contribution in [1.29, 1.82) is 0 Å². The standard InChI is InChI=1S/C18H18F3N3O2.2ClH/c19-18(20,21)11-26-16-13(7-4-8-23-16)17(25)24-9-14(15(22)10-24)12-5-2-1-3-6-12;;/h1-8,14-15H,9-11,22H2;2*1H/t14-,15+;;/m0../s1. The molecule has 1 aromatic heterocycles. The van der Waals surface area contributed by atoms with Gasteiger partial charge < -0.3 is 15.4 Å². The van der Waals surface area contributed by atoms with E-state index in [1.165, 1.54) is 23.2 Å². The van der Waals surface area contributed by atoms with Crippen molar-refractivity contribution in [1.82, 2.24) is 9.88 Å². The zero-order valence-electron chi connectivity index (χ0n) is 14.6. The number of nitrogens with zero attached hydrogens (tertiary/aromatic N) is 2. The number of hydrogen-bond donors (Lipinski definition) is 1. The summed E-state index contributed by atoms with van der Waals surface area (Å²) >= 11 is 0. The second kappa shape index (κ2) is 9.95. The minimum absolute atomic E-state index is 0. The average molecular weight is 438 g/mol. The van der Waals surface area contributed by atoms with Gasteiger partial charge in [0, 0.05) is 31.2 Å². The number of nitrogens with two attached hydrogens (primary N) is 1. The summed E-state index contributed by atoms with van der Waals surface area (Å²) < 4.78 is 41.9. The molecule has 0 unspecified atom stereocenters. The molecule has 1 saturated heterocycles. The molecule has 0 bridgehead atoms. The highest BCUT2D eigenvalue weighted by atomic mass is 35.5. The summed E-state index contributed by atoms with van der Waals surface area (Å²) in [7, 11) is 0. The minimum atomic E-state index is -4.51. The lowest BCUT2D eigenvalue weighted by atomic mass is 9.95. The van der Waals surface area contributed by atoms with Crippen molar-refractivity contribution in [2.24, 2.45) is 5.73 Å². The van der Waals surface area contributed by atoms with Gasteiger partial charge in [0.25, 0.3) is 5.91 Å². The number of carbonyl (C=O) groups excluding carboxylic acids is 1. The van der Waals surface area contributed by atoms with Gasteiger partial charge in [-0.2, -0.15) is 13.2 Å². The van der Waals surface area contributed by atoms with Crippen molar-refractivity contribution in [2.45, 2.75) is 18.1 Å². The molecule has 2 N–H and O–H groups in total. The smallest absolute Gasteiger partial charge is 0.422 e. The largest absolute Gasteiger partial charge is 0.467 e. The van der Waals surface area contributed by atoms with Crippen molar-refractivity contribution < 1.29 is 22.7 Å². The van der Waals surface area contributed by atoms with Gasteiger partial charge in [-0.05, 0) is 17.7 Å². The van der Waals surface area contributed by atoms with E-state index in [9.17, 15) is 18.0 Å². The third-order valence-corrected chi connectivity index (χ3v) is 4.25. The molecule has 1 fully saturated rings. The van der Waals surface area contributed by atoms with E-state index in [4.69, 9.17) is 10.5 Å². The third-order valence-electron chi connectivity index (χ3n) is 4.25. The van der Waals surface area contributed by atoms with Gasteiger partial charge in [-0.3, -0.25) is 4.79 Å². The van der Waals surface area contributed by atoms with Gasteiger partial charge in [0.2, 0.25) is 5.88 Å². The van der Waals surface area contributed by atoms with Crippen LogP contribution < -0.4 is 10.5 Å². The topological polar surface area (TPSA) is 68.5 Å². The van der Waals surface area contributed by atoms with Crippen LogP contribution in [0.15, 0.2) is 48.7 Å². The fourth-order valence-corrected chi connectivity index (χ4v) is 3.04. The summed E-state index contributed by atoms with van der Waals surface area (Å²) in [4.78, 5) is 18.1. The average Bonchev–Trinajstić information content (AvgIpc) is 3.01. The van der Waals surface area contributed by atoms with E-state index < -0.39 is 18.7 Å². The lowest BCUT2D eigenvalue weighted by Crippen LogP contribution is -2.32. The molecular formula is C18H20Cl2F3N3O2. The number of rotatable bonds is 4. The molecule has 2 aromatic rings. The van der Waals surface area contributed by atoms with E-state index in [1.807, 2.05) is 30.3 Å². The first kappa shape index (κ1) is 24.0. The summed E-state index contributed by atoms with van der Waals surface area (Å²) in [6, 6.07) is 12.2. The first-order valence-corrected chi connectivity index (χ1v) is 8.09. The molecule has 1 aliphatic heterocycles. The van der Waals surface area contributed by atoms with Crippen LogP contribution in [0.1, 0.15) is 21.8 Å². The van der Waals surface area contributed by atoms with Gasteiger partial charge in [-0.25, -0.2) is 4.98 Å². The molecule has 0 spiro atoms.